The number of ether oxygens (including phenoxy) is 1. The van der Waals surface area contributed by atoms with E-state index in [1.165, 1.54) is 0 Å². The van der Waals surface area contributed by atoms with Gasteiger partial charge in [0, 0.05) is 16.6 Å². The molecular formula is C24H24ClNO4. The van der Waals surface area contributed by atoms with Crippen LogP contribution in [-0.4, -0.2) is 40.9 Å². The zero-order chi connectivity index (χ0) is 20.9. The fraction of sp³-hybridized carbons (Fsp3) is 0.417. The number of carbonyl (C=O) groups is 2. The topological polar surface area (TPSA) is 66.8 Å². The zero-order valence-electron chi connectivity index (χ0n) is 16.6. The van der Waals surface area contributed by atoms with Crippen molar-refractivity contribution in [3.63, 3.8) is 0 Å². The molecule has 6 heteroatoms. The highest BCUT2D eigenvalue weighted by Gasteiger charge is 2.51. The van der Waals surface area contributed by atoms with Gasteiger partial charge in [-0.1, -0.05) is 29.8 Å². The molecule has 1 aliphatic carbocycles. The minimum atomic E-state index is -0.698. The molecular weight excluding hydrogens is 402 g/mol. The molecule has 5 rings (SSSR count). The van der Waals surface area contributed by atoms with Crippen LogP contribution in [0, 0.1) is 5.92 Å². The summed E-state index contributed by atoms with van der Waals surface area (Å²) in [6.07, 6.45) is 3.72. The van der Waals surface area contributed by atoms with E-state index in [2.05, 4.69) is 4.90 Å². The van der Waals surface area contributed by atoms with Gasteiger partial charge >= 0.3 is 5.97 Å². The largest absolute Gasteiger partial charge is 0.481 e. The van der Waals surface area contributed by atoms with Crippen molar-refractivity contribution < 1.29 is 19.4 Å². The molecule has 3 aliphatic rings. The maximum atomic E-state index is 13.9. The summed E-state index contributed by atoms with van der Waals surface area (Å²) in [7, 11) is 0. The maximum Gasteiger partial charge on any atom is 0.306 e. The Labute approximate surface area is 180 Å². The molecule has 2 fully saturated rings. The number of carbonyl (C=O) groups excluding carboxylic acids is 1. The molecule has 0 aromatic heterocycles. The number of fused-ring (bicyclic) bond motifs is 3. The monoisotopic (exact) mass is 425 g/mol. The molecule has 2 heterocycles. The quantitative estimate of drug-likeness (QED) is 0.740. The standard InChI is InChI=1S/C24H24ClNO4/c25-16-5-6-20-18(13-16)22(27)24(19-3-1-2-4-21(19)30-20)10-7-17(14-24)26-11-8-15(9-12-26)23(28)29/h1-6,13,15,17H,7-12,14H2,(H,28,29). The summed E-state index contributed by atoms with van der Waals surface area (Å²) >= 11 is 6.23. The maximum absolute atomic E-state index is 13.9. The van der Waals surface area contributed by atoms with E-state index in [4.69, 9.17) is 16.3 Å². The van der Waals surface area contributed by atoms with Gasteiger partial charge in [-0.2, -0.15) is 0 Å². The SMILES string of the molecule is O=C(O)C1CCN(C2CCC3(C2)C(=O)c2cc(Cl)ccc2Oc2ccccc23)CC1. The van der Waals surface area contributed by atoms with Gasteiger partial charge in [0.1, 0.15) is 11.5 Å². The van der Waals surface area contributed by atoms with Crippen LogP contribution in [0.25, 0.3) is 0 Å². The van der Waals surface area contributed by atoms with E-state index in [9.17, 15) is 14.7 Å². The lowest BCUT2D eigenvalue weighted by molar-refractivity contribution is -0.143. The lowest BCUT2D eigenvalue weighted by Crippen LogP contribution is -2.43. The fourth-order valence-corrected chi connectivity index (χ4v) is 5.68. The lowest BCUT2D eigenvalue weighted by atomic mass is 9.73. The van der Waals surface area contributed by atoms with Gasteiger partial charge in [-0.15, -0.1) is 0 Å². The summed E-state index contributed by atoms with van der Waals surface area (Å²) < 4.78 is 6.18. The number of benzene rings is 2. The van der Waals surface area contributed by atoms with E-state index < -0.39 is 11.4 Å². The number of halogens is 1. The molecule has 0 radical (unpaired) electrons. The van der Waals surface area contributed by atoms with Gasteiger partial charge in [-0.25, -0.2) is 0 Å². The molecule has 30 heavy (non-hydrogen) atoms. The first-order valence-corrected chi connectivity index (χ1v) is 10.9. The number of carboxylic acid groups (broad SMARTS) is 1. The van der Waals surface area contributed by atoms with E-state index >= 15 is 0 Å². The molecule has 1 saturated heterocycles. The van der Waals surface area contributed by atoms with Crippen LogP contribution in [0.3, 0.4) is 0 Å². The van der Waals surface area contributed by atoms with Gasteiger partial charge in [0.2, 0.25) is 0 Å². The van der Waals surface area contributed by atoms with Gasteiger partial charge in [-0.05, 0) is 69.5 Å². The van der Waals surface area contributed by atoms with E-state index in [1.807, 2.05) is 24.3 Å². The summed E-state index contributed by atoms with van der Waals surface area (Å²) in [6.45, 7) is 1.54. The number of ketones is 1. The molecule has 1 spiro atoms. The van der Waals surface area contributed by atoms with Crippen LogP contribution in [0.2, 0.25) is 5.02 Å². The Morgan fingerprint density at radius 3 is 2.63 bits per heavy atom. The Kier molecular flexibility index (Phi) is 4.83. The molecule has 5 nitrogen and oxygen atoms in total. The Hall–Kier alpha value is -2.37. The summed E-state index contributed by atoms with van der Waals surface area (Å²) in [5, 5.41) is 9.82. The second-order valence-corrected chi connectivity index (χ2v) is 9.13. The van der Waals surface area contributed by atoms with Gasteiger partial charge in [0.15, 0.2) is 5.78 Å². The average Bonchev–Trinajstić information content (AvgIpc) is 3.17. The molecule has 1 saturated carbocycles. The number of para-hydroxylation sites is 1. The number of likely N-dealkylation sites (tertiary alicyclic amines) is 1. The second kappa shape index (κ2) is 7.40. The highest BCUT2D eigenvalue weighted by molar-refractivity contribution is 6.31. The third kappa shape index (κ3) is 3.12. The molecule has 1 N–H and O–H groups in total. The molecule has 2 aromatic carbocycles. The Morgan fingerprint density at radius 1 is 1.10 bits per heavy atom. The van der Waals surface area contributed by atoms with Crippen LogP contribution in [-0.2, 0) is 10.2 Å². The average molecular weight is 426 g/mol. The number of aliphatic carboxylic acids is 1. The smallest absolute Gasteiger partial charge is 0.306 e. The number of Topliss-reactive ketones (excluding diaryl/α,β-unsaturated/α-hetero) is 1. The number of piperidine rings is 1. The normalized spacial score (nSPS) is 26.7. The van der Waals surface area contributed by atoms with Crippen molar-refractivity contribution in [2.45, 2.75) is 43.6 Å². The van der Waals surface area contributed by atoms with E-state index in [-0.39, 0.29) is 17.7 Å². The molecule has 2 unspecified atom stereocenters. The second-order valence-electron chi connectivity index (χ2n) is 8.70. The van der Waals surface area contributed by atoms with Crippen LogP contribution < -0.4 is 4.74 Å². The summed E-state index contributed by atoms with van der Waals surface area (Å²) in [4.78, 5) is 27.6. The van der Waals surface area contributed by atoms with Gasteiger partial charge in [0.05, 0.1) is 16.9 Å². The Morgan fingerprint density at radius 2 is 1.87 bits per heavy atom. The molecule has 156 valence electrons. The van der Waals surface area contributed by atoms with Crippen molar-refractivity contribution in [1.82, 2.24) is 4.90 Å². The first-order valence-electron chi connectivity index (χ1n) is 10.6. The summed E-state index contributed by atoms with van der Waals surface area (Å²) in [6, 6.07) is 13.3. The lowest BCUT2D eigenvalue weighted by Gasteiger charge is -2.36. The van der Waals surface area contributed by atoms with Crippen LogP contribution in [0.4, 0.5) is 0 Å². The summed E-state index contributed by atoms with van der Waals surface area (Å²) in [5.74, 6) is 0.416. The van der Waals surface area contributed by atoms with Gasteiger partial charge < -0.3 is 14.7 Å². The van der Waals surface area contributed by atoms with Crippen LogP contribution in [0.15, 0.2) is 42.5 Å². The number of carboxylic acids is 1. The Balaban J connectivity index is 1.50. The zero-order valence-corrected chi connectivity index (χ0v) is 17.4. The molecule has 2 aromatic rings. The highest BCUT2D eigenvalue weighted by Crippen LogP contribution is 2.52. The first-order chi connectivity index (χ1) is 14.5. The first kappa shape index (κ1) is 19.6. The fourth-order valence-electron chi connectivity index (χ4n) is 5.51. The molecule has 2 atom stereocenters. The number of nitrogens with zero attached hydrogens (tertiary/aromatic N) is 1. The minimum absolute atomic E-state index is 0.0767. The molecule has 0 amide bonds. The predicted molar refractivity (Wildman–Crippen MR) is 114 cm³/mol. The molecule has 2 aliphatic heterocycles. The Bertz CT molecular complexity index is 1010. The third-order valence-electron chi connectivity index (χ3n) is 7.13. The number of hydrogen-bond donors (Lipinski definition) is 1. The number of hydrogen-bond acceptors (Lipinski definition) is 4. The number of rotatable bonds is 2. The van der Waals surface area contributed by atoms with Crippen molar-refractivity contribution in [2.75, 3.05) is 13.1 Å². The van der Waals surface area contributed by atoms with Crippen molar-refractivity contribution >= 4 is 23.4 Å². The minimum Gasteiger partial charge on any atom is -0.481 e. The van der Waals surface area contributed by atoms with Crippen LogP contribution in [0.1, 0.15) is 48.0 Å². The van der Waals surface area contributed by atoms with E-state index in [0.717, 1.165) is 43.7 Å². The van der Waals surface area contributed by atoms with Crippen molar-refractivity contribution in [3.05, 3.63) is 58.6 Å². The van der Waals surface area contributed by atoms with Crippen molar-refractivity contribution in [3.8, 4) is 11.5 Å². The van der Waals surface area contributed by atoms with Gasteiger partial charge in [0.25, 0.3) is 0 Å². The summed E-state index contributed by atoms with van der Waals surface area (Å²) in [5.41, 5.74) is 0.857. The van der Waals surface area contributed by atoms with Crippen LogP contribution >= 0.6 is 11.6 Å². The third-order valence-corrected chi connectivity index (χ3v) is 7.36. The van der Waals surface area contributed by atoms with Crippen molar-refractivity contribution in [2.24, 2.45) is 5.92 Å². The predicted octanol–water partition coefficient (Wildman–Crippen LogP) is 4.92. The highest BCUT2D eigenvalue weighted by atomic mass is 35.5. The van der Waals surface area contributed by atoms with Crippen LogP contribution in [0.5, 0.6) is 11.5 Å². The van der Waals surface area contributed by atoms with Crippen molar-refractivity contribution in [1.29, 1.82) is 0 Å². The van der Waals surface area contributed by atoms with Gasteiger partial charge in [-0.3, -0.25) is 9.59 Å². The van der Waals surface area contributed by atoms with E-state index in [0.29, 0.717) is 29.2 Å². The van der Waals surface area contributed by atoms with E-state index in [1.54, 1.807) is 18.2 Å². The molecule has 0 bridgehead atoms.